The average Bonchev–Trinajstić information content (AvgIpc) is 3.17. The molecule has 4 rings (SSSR count). The molecule has 3 aromatic rings. The van der Waals surface area contributed by atoms with E-state index in [2.05, 4.69) is 61.9 Å². The van der Waals surface area contributed by atoms with Gasteiger partial charge in [0.2, 0.25) is 5.91 Å². The van der Waals surface area contributed by atoms with Gasteiger partial charge in [-0.25, -0.2) is 4.98 Å². The first-order valence-electron chi connectivity index (χ1n) is 9.67. The van der Waals surface area contributed by atoms with Crippen LogP contribution in [0.25, 0.3) is 16.6 Å². The van der Waals surface area contributed by atoms with E-state index in [9.17, 15) is 4.79 Å². The number of carbonyl (C=O) groups is 1. The van der Waals surface area contributed by atoms with Gasteiger partial charge in [-0.3, -0.25) is 4.79 Å². The summed E-state index contributed by atoms with van der Waals surface area (Å²) in [6.45, 7) is 8.43. The Morgan fingerprint density at radius 1 is 1.29 bits per heavy atom. The molecule has 2 aromatic heterocycles. The average molecular weight is 375 g/mol. The monoisotopic (exact) mass is 375 g/mol. The number of imidazole rings is 1. The number of pyridine rings is 1. The Bertz CT molecular complexity index is 1010. The fourth-order valence-corrected chi connectivity index (χ4v) is 3.86. The second-order valence-electron chi connectivity index (χ2n) is 7.49. The van der Waals surface area contributed by atoms with Crippen LogP contribution >= 0.6 is 0 Å². The van der Waals surface area contributed by atoms with Gasteiger partial charge >= 0.3 is 0 Å². The zero-order valence-electron chi connectivity index (χ0n) is 16.3. The number of aryl methyl sites for hydroxylation is 1. The van der Waals surface area contributed by atoms with E-state index in [0.717, 1.165) is 35.2 Å². The summed E-state index contributed by atoms with van der Waals surface area (Å²) in [6, 6.07) is 10.7. The predicted molar refractivity (Wildman–Crippen MR) is 110 cm³/mol. The molecular weight excluding hydrogens is 350 g/mol. The minimum Gasteiger partial charge on any atom is -0.488 e. The summed E-state index contributed by atoms with van der Waals surface area (Å²) in [5, 5.41) is 0. The maximum atomic E-state index is 12.0. The molecule has 0 spiro atoms. The Morgan fingerprint density at radius 2 is 2.07 bits per heavy atom. The number of nitrogens with zero attached hydrogens (tertiary/aromatic N) is 3. The van der Waals surface area contributed by atoms with Gasteiger partial charge in [0.15, 0.2) is 0 Å². The van der Waals surface area contributed by atoms with E-state index >= 15 is 0 Å². The molecule has 0 bridgehead atoms. The van der Waals surface area contributed by atoms with E-state index in [1.54, 1.807) is 6.33 Å². The van der Waals surface area contributed by atoms with E-state index in [1.165, 1.54) is 11.6 Å². The fourth-order valence-electron chi connectivity index (χ4n) is 3.86. The molecule has 0 saturated carbocycles. The van der Waals surface area contributed by atoms with Crippen molar-refractivity contribution in [2.24, 2.45) is 0 Å². The van der Waals surface area contributed by atoms with Crippen LogP contribution in [0.4, 0.5) is 0 Å². The van der Waals surface area contributed by atoms with E-state index in [1.807, 2.05) is 15.5 Å². The van der Waals surface area contributed by atoms with Crippen LogP contribution < -0.4 is 4.74 Å². The molecule has 0 N–H and O–H groups in total. The molecule has 5 nitrogen and oxygen atoms in total. The number of carbonyl (C=O) groups excluding carboxylic acids is 1. The van der Waals surface area contributed by atoms with Gasteiger partial charge in [0.25, 0.3) is 0 Å². The summed E-state index contributed by atoms with van der Waals surface area (Å²) in [4.78, 5) is 18.1. The minimum atomic E-state index is -0.00880. The number of ether oxygens (including phenoxy) is 1. The first-order chi connectivity index (χ1) is 13.5. The van der Waals surface area contributed by atoms with Crippen molar-refractivity contribution in [1.29, 1.82) is 0 Å². The smallest absolute Gasteiger partial charge is 0.246 e. The number of hydrogen-bond donors (Lipinski definition) is 0. The Hall–Kier alpha value is -3.08. The summed E-state index contributed by atoms with van der Waals surface area (Å²) >= 11 is 0. The largest absolute Gasteiger partial charge is 0.488 e. The van der Waals surface area contributed by atoms with E-state index < -0.39 is 0 Å². The zero-order chi connectivity index (χ0) is 19.7. The lowest BCUT2D eigenvalue weighted by Crippen LogP contribution is -2.46. The molecule has 1 aromatic carbocycles. The van der Waals surface area contributed by atoms with E-state index in [0.29, 0.717) is 6.54 Å². The number of aromatic nitrogens is 2. The summed E-state index contributed by atoms with van der Waals surface area (Å²) in [5.41, 5.74) is 4.42. The summed E-state index contributed by atoms with van der Waals surface area (Å²) in [6.07, 6.45) is 8.76. The first kappa shape index (κ1) is 18.3. The van der Waals surface area contributed by atoms with Crippen LogP contribution in [0.5, 0.6) is 5.75 Å². The fraction of sp³-hybridized carbons (Fsp3) is 0.304. The molecule has 0 aliphatic carbocycles. The third-order valence-corrected chi connectivity index (χ3v) is 5.45. The van der Waals surface area contributed by atoms with Crippen LogP contribution in [0, 0.1) is 6.92 Å². The SMILES string of the molecule is C=CC(=O)N1CC[C@@H](Oc2cc(-c3ccc(C)cc3)cn3cncc23)C[C@H]1C. The van der Waals surface area contributed by atoms with Crippen molar-refractivity contribution in [3.05, 3.63) is 67.3 Å². The molecule has 1 amide bonds. The van der Waals surface area contributed by atoms with Crippen LogP contribution in [0.1, 0.15) is 25.3 Å². The number of hydrogen-bond acceptors (Lipinski definition) is 3. The van der Waals surface area contributed by atoms with Crippen molar-refractivity contribution in [3.8, 4) is 16.9 Å². The van der Waals surface area contributed by atoms with Crippen LogP contribution in [0.2, 0.25) is 0 Å². The van der Waals surface area contributed by atoms with Gasteiger partial charge in [-0.15, -0.1) is 0 Å². The Balaban J connectivity index is 1.60. The number of fused-ring (bicyclic) bond motifs is 1. The second kappa shape index (κ2) is 7.50. The number of rotatable bonds is 4. The lowest BCUT2D eigenvalue weighted by Gasteiger charge is -2.37. The highest BCUT2D eigenvalue weighted by Gasteiger charge is 2.29. The van der Waals surface area contributed by atoms with Gasteiger partial charge in [-0.2, -0.15) is 0 Å². The minimum absolute atomic E-state index is 0.00880. The third-order valence-electron chi connectivity index (χ3n) is 5.45. The maximum Gasteiger partial charge on any atom is 0.246 e. The predicted octanol–water partition coefficient (Wildman–Crippen LogP) is 4.25. The van der Waals surface area contributed by atoms with Crippen molar-refractivity contribution in [1.82, 2.24) is 14.3 Å². The molecule has 1 aliphatic heterocycles. The molecule has 1 fully saturated rings. The molecular formula is C23H25N3O2. The molecule has 144 valence electrons. The first-order valence-corrected chi connectivity index (χ1v) is 9.67. The molecule has 0 unspecified atom stereocenters. The number of benzene rings is 1. The molecule has 2 atom stereocenters. The Kier molecular flexibility index (Phi) is 4.90. The third kappa shape index (κ3) is 3.52. The molecule has 28 heavy (non-hydrogen) atoms. The van der Waals surface area contributed by atoms with Crippen molar-refractivity contribution in [2.45, 2.75) is 38.8 Å². The Labute approximate surface area is 165 Å². The maximum absolute atomic E-state index is 12.0. The van der Waals surface area contributed by atoms with Crippen LogP contribution in [0.15, 0.2) is 61.7 Å². The van der Waals surface area contributed by atoms with Crippen molar-refractivity contribution < 1.29 is 9.53 Å². The molecule has 1 aliphatic rings. The van der Waals surface area contributed by atoms with Gasteiger partial charge in [0, 0.05) is 37.2 Å². The highest BCUT2D eigenvalue weighted by Crippen LogP contribution is 2.31. The second-order valence-corrected chi connectivity index (χ2v) is 7.49. The lowest BCUT2D eigenvalue weighted by atomic mass is 10.00. The summed E-state index contributed by atoms with van der Waals surface area (Å²) in [7, 11) is 0. The molecule has 0 radical (unpaired) electrons. The van der Waals surface area contributed by atoms with E-state index in [-0.39, 0.29) is 18.1 Å². The van der Waals surface area contributed by atoms with Gasteiger partial charge in [-0.05, 0) is 31.6 Å². The van der Waals surface area contributed by atoms with Gasteiger partial charge in [0.1, 0.15) is 17.4 Å². The van der Waals surface area contributed by atoms with Gasteiger partial charge < -0.3 is 14.0 Å². The highest BCUT2D eigenvalue weighted by atomic mass is 16.5. The van der Waals surface area contributed by atoms with Gasteiger partial charge in [-0.1, -0.05) is 36.4 Å². The van der Waals surface area contributed by atoms with Gasteiger partial charge in [0.05, 0.1) is 12.5 Å². The molecule has 3 heterocycles. The number of likely N-dealkylation sites (tertiary alicyclic amines) is 1. The van der Waals surface area contributed by atoms with Crippen molar-refractivity contribution in [3.63, 3.8) is 0 Å². The summed E-state index contributed by atoms with van der Waals surface area (Å²) < 4.78 is 8.42. The highest BCUT2D eigenvalue weighted by molar-refractivity contribution is 5.87. The van der Waals surface area contributed by atoms with E-state index in [4.69, 9.17) is 4.74 Å². The van der Waals surface area contributed by atoms with Crippen molar-refractivity contribution >= 4 is 11.4 Å². The summed E-state index contributed by atoms with van der Waals surface area (Å²) in [5.74, 6) is 0.821. The number of piperidine rings is 1. The molecule has 5 heteroatoms. The van der Waals surface area contributed by atoms with Crippen LogP contribution in [-0.4, -0.2) is 38.9 Å². The topological polar surface area (TPSA) is 46.8 Å². The standard InChI is InChI=1S/C23H25N3O2/c1-4-23(27)26-10-9-20(11-17(26)3)28-22-12-19(14-25-15-24-13-21(22)25)18-7-5-16(2)6-8-18/h4-8,12-15,17,20H,1,9-11H2,2-3H3/t17-,20-/m1/s1. The van der Waals surface area contributed by atoms with Crippen LogP contribution in [0.3, 0.4) is 0 Å². The Morgan fingerprint density at radius 3 is 2.79 bits per heavy atom. The normalized spacial score (nSPS) is 19.6. The molecule has 1 saturated heterocycles. The van der Waals surface area contributed by atoms with Crippen LogP contribution in [-0.2, 0) is 4.79 Å². The number of amides is 1. The van der Waals surface area contributed by atoms with Crippen molar-refractivity contribution in [2.75, 3.05) is 6.54 Å². The zero-order valence-corrected chi connectivity index (χ0v) is 16.3. The quantitative estimate of drug-likeness (QED) is 0.641. The lowest BCUT2D eigenvalue weighted by molar-refractivity contribution is -0.130.